The molecule has 1 heterocycles. The first-order chi connectivity index (χ1) is 8.36. The van der Waals surface area contributed by atoms with Gasteiger partial charge in [-0.2, -0.15) is 0 Å². The van der Waals surface area contributed by atoms with E-state index in [1.165, 1.54) is 49.2 Å². The van der Waals surface area contributed by atoms with Gasteiger partial charge in [0.1, 0.15) is 0 Å². The first-order valence-corrected chi connectivity index (χ1v) is 6.94. The highest BCUT2D eigenvalue weighted by atomic mass is 35.5. The number of hydrogen-bond donors (Lipinski definition) is 1. The lowest BCUT2D eigenvalue weighted by Crippen LogP contribution is -2.25. The highest BCUT2D eigenvalue weighted by Crippen LogP contribution is 2.31. The van der Waals surface area contributed by atoms with E-state index in [0.29, 0.717) is 0 Å². The third-order valence-corrected chi connectivity index (χ3v) is 3.99. The van der Waals surface area contributed by atoms with Gasteiger partial charge >= 0.3 is 0 Å². The van der Waals surface area contributed by atoms with Crippen molar-refractivity contribution in [3.8, 4) is 0 Å². The van der Waals surface area contributed by atoms with E-state index in [0.717, 1.165) is 19.0 Å². The maximum Gasteiger partial charge on any atom is 0.0419 e. The van der Waals surface area contributed by atoms with Crippen LogP contribution in [0.1, 0.15) is 30.9 Å². The molecule has 100 valence electrons. The minimum Gasteiger partial charge on any atom is -0.384 e. The van der Waals surface area contributed by atoms with Gasteiger partial charge in [0.15, 0.2) is 0 Å². The Bertz CT molecular complexity index is 401. The van der Waals surface area contributed by atoms with Gasteiger partial charge in [-0.3, -0.25) is 4.90 Å². The standard InChI is InChI=1S/C15H22N2.ClH/c1-2-17(10-12-6-7-12)11-14-5-3-4-13-8-9-16-15(13)14;/h3-5,12,16H,2,6-11H2,1H3;1H. The lowest BCUT2D eigenvalue weighted by molar-refractivity contribution is 0.269. The summed E-state index contributed by atoms with van der Waals surface area (Å²) in [4.78, 5) is 2.59. The van der Waals surface area contributed by atoms with Gasteiger partial charge in [0.25, 0.3) is 0 Å². The van der Waals surface area contributed by atoms with Crippen LogP contribution in [0.3, 0.4) is 0 Å². The Labute approximate surface area is 116 Å². The first-order valence-electron chi connectivity index (χ1n) is 6.94. The second-order valence-corrected chi connectivity index (χ2v) is 5.40. The predicted molar refractivity (Wildman–Crippen MR) is 79.6 cm³/mol. The molecule has 1 N–H and O–H groups in total. The Hall–Kier alpha value is -0.730. The van der Waals surface area contributed by atoms with Crippen LogP contribution in [-0.4, -0.2) is 24.5 Å². The average Bonchev–Trinajstić information content (AvgIpc) is 3.03. The van der Waals surface area contributed by atoms with E-state index < -0.39 is 0 Å². The smallest absolute Gasteiger partial charge is 0.0419 e. The zero-order chi connectivity index (χ0) is 11.7. The van der Waals surface area contributed by atoms with Crippen LogP contribution in [0.15, 0.2) is 18.2 Å². The third kappa shape index (κ3) is 2.99. The summed E-state index contributed by atoms with van der Waals surface area (Å²) in [6, 6.07) is 6.76. The van der Waals surface area contributed by atoms with Gasteiger partial charge in [0, 0.05) is 25.3 Å². The Balaban J connectivity index is 0.00000120. The molecule has 1 fully saturated rings. The van der Waals surface area contributed by atoms with Gasteiger partial charge in [-0.05, 0) is 42.9 Å². The van der Waals surface area contributed by atoms with Crippen molar-refractivity contribution >= 4 is 18.1 Å². The predicted octanol–water partition coefficient (Wildman–Crippen LogP) is 3.31. The summed E-state index contributed by atoms with van der Waals surface area (Å²) in [5.41, 5.74) is 4.41. The van der Waals surface area contributed by atoms with Crippen molar-refractivity contribution in [3.63, 3.8) is 0 Å². The summed E-state index contributed by atoms with van der Waals surface area (Å²) in [7, 11) is 0. The van der Waals surface area contributed by atoms with E-state index in [9.17, 15) is 0 Å². The summed E-state index contributed by atoms with van der Waals surface area (Å²) < 4.78 is 0. The van der Waals surface area contributed by atoms with E-state index >= 15 is 0 Å². The number of halogens is 1. The number of anilines is 1. The molecule has 1 aromatic rings. The van der Waals surface area contributed by atoms with E-state index in [1.54, 1.807) is 0 Å². The largest absolute Gasteiger partial charge is 0.384 e. The second kappa shape index (κ2) is 5.94. The van der Waals surface area contributed by atoms with Crippen LogP contribution in [0.2, 0.25) is 0 Å². The molecule has 0 unspecified atom stereocenters. The molecule has 1 saturated carbocycles. The van der Waals surface area contributed by atoms with E-state index in [2.05, 4.69) is 35.3 Å². The molecule has 3 heteroatoms. The highest BCUT2D eigenvalue weighted by molar-refractivity contribution is 5.85. The molecule has 0 bridgehead atoms. The average molecular weight is 267 g/mol. The number of benzene rings is 1. The number of para-hydroxylation sites is 1. The van der Waals surface area contributed by atoms with Gasteiger partial charge in [-0.15, -0.1) is 12.4 Å². The summed E-state index contributed by atoms with van der Waals surface area (Å²) in [6.45, 7) is 6.96. The Morgan fingerprint density at radius 2 is 2.17 bits per heavy atom. The fraction of sp³-hybridized carbons (Fsp3) is 0.600. The van der Waals surface area contributed by atoms with Crippen LogP contribution in [0.5, 0.6) is 0 Å². The zero-order valence-electron chi connectivity index (χ0n) is 11.1. The van der Waals surface area contributed by atoms with Crippen molar-refractivity contribution in [3.05, 3.63) is 29.3 Å². The maximum atomic E-state index is 3.54. The summed E-state index contributed by atoms with van der Waals surface area (Å²) in [5.74, 6) is 0.986. The van der Waals surface area contributed by atoms with Crippen molar-refractivity contribution in [1.82, 2.24) is 4.90 Å². The Kier molecular flexibility index (Phi) is 4.52. The molecule has 0 spiro atoms. The molecule has 1 aromatic carbocycles. The van der Waals surface area contributed by atoms with Crippen LogP contribution in [0.4, 0.5) is 5.69 Å². The molecule has 0 atom stereocenters. The molecule has 1 aliphatic heterocycles. The monoisotopic (exact) mass is 266 g/mol. The maximum absolute atomic E-state index is 3.54. The minimum absolute atomic E-state index is 0. The number of nitrogens with zero attached hydrogens (tertiary/aromatic N) is 1. The molecule has 0 radical (unpaired) electrons. The van der Waals surface area contributed by atoms with Crippen molar-refractivity contribution in [1.29, 1.82) is 0 Å². The van der Waals surface area contributed by atoms with Crippen LogP contribution < -0.4 is 5.32 Å². The SMILES string of the molecule is CCN(Cc1cccc2c1NCC2)CC1CC1.Cl. The van der Waals surface area contributed by atoms with Crippen LogP contribution in [-0.2, 0) is 13.0 Å². The third-order valence-electron chi connectivity index (χ3n) is 3.99. The van der Waals surface area contributed by atoms with Gasteiger partial charge < -0.3 is 5.32 Å². The molecule has 2 aliphatic rings. The fourth-order valence-electron chi connectivity index (χ4n) is 2.75. The fourth-order valence-corrected chi connectivity index (χ4v) is 2.75. The molecular weight excluding hydrogens is 244 g/mol. The van der Waals surface area contributed by atoms with Crippen molar-refractivity contribution < 1.29 is 0 Å². The Morgan fingerprint density at radius 1 is 1.33 bits per heavy atom. The van der Waals surface area contributed by atoms with Crippen LogP contribution >= 0.6 is 12.4 Å². The van der Waals surface area contributed by atoms with Gasteiger partial charge in [0.2, 0.25) is 0 Å². The second-order valence-electron chi connectivity index (χ2n) is 5.40. The molecule has 2 nitrogen and oxygen atoms in total. The quantitative estimate of drug-likeness (QED) is 0.880. The van der Waals surface area contributed by atoms with Gasteiger partial charge in [-0.25, -0.2) is 0 Å². The highest BCUT2D eigenvalue weighted by Gasteiger charge is 2.24. The number of nitrogens with one attached hydrogen (secondary N) is 1. The van der Waals surface area contributed by atoms with Crippen molar-refractivity contribution in [2.24, 2.45) is 5.92 Å². The summed E-state index contributed by atoms with van der Waals surface area (Å²) >= 11 is 0. The van der Waals surface area contributed by atoms with E-state index in [4.69, 9.17) is 0 Å². The van der Waals surface area contributed by atoms with Crippen LogP contribution in [0.25, 0.3) is 0 Å². The Morgan fingerprint density at radius 3 is 2.89 bits per heavy atom. The molecule has 0 saturated heterocycles. The topological polar surface area (TPSA) is 15.3 Å². The van der Waals surface area contributed by atoms with Crippen LogP contribution in [0, 0.1) is 5.92 Å². The molecule has 3 rings (SSSR count). The molecule has 18 heavy (non-hydrogen) atoms. The summed E-state index contributed by atoms with van der Waals surface area (Å²) in [5, 5.41) is 3.54. The van der Waals surface area contributed by atoms with Crippen molar-refractivity contribution in [2.45, 2.75) is 32.7 Å². The lowest BCUT2D eigenvalue weighted by atomic mass is 10.1. The molecule has 1 aliphatic carbocycles. The zero-order valence-corrected chi connectivity index (χ0v) is 11.9. The normalized spacial score (nSPS) is 17.2. The molecule has 0 amide bonds. The van der Waals surface area contributed by atoms with E-state index in [1.807, 2.05) is 0 Å². The lowest BCUT2D eigenvalue weighted by Gasteiger charge is -2.21. The number of rotatable bonds is 5. The number of hydrogen-bond acceptors (Lipinski definition) is 2. The number of fused-ring (bicyclic) bond motifs is 1. The summed E-state index contributed by atoms with van der Waals surface area (Å²) in [6.07, 6.45) is 4.08. The molecule has 0 aromatic heterocycles. The van der Waals surface area contributed by atoms with E-state index in [-0.39, 0.29) is 12.4 Å². The van der Waals surface area contributed by atoms with Gasteiger partial charge in [0.05, 0.1) is 0 Å². The van der Waals surface area contributed by atoms with Gasteiger partial charge in [-0.1, -0.05) is 25.1 Å². The first kappa shape index (κ1) is 13.7. The van der Waals surface area contributed by atoms with Crippen molar-refractivity contribution in [2.75, 3.05) is 25.0 Å². The minimum atomic E-state index is 0. The molecular formula is C15H23ClN2.